The zero-order valence-corrected chi connectivity index (χ0v) is 10.6. The summed E-state index contributed by atoms with van der Waals surface area (Å²) in [5.74, 6) is 0. The number of carbonyl (C=O) groups excluding carboxylic acids is 1. The van der Waals surface area contributed by atoms with Crippen LogP contribution in [-0.4, -0.2) is 34.8 Å². The lowest BCUT2D eigenvalue weighted by atomic mass is 9.96. The third kappa shape index (κ3) is 3.47. The molecule has 4 nitrogen and oxygen atoms in total. The van der Waals surface area contributed by atoms with E-state index in [4.69, 9.17) is 4.74 Å². The number of β-amino-alcohol motifs (C(OH)–C–C–N with tert-alkyl or cyclic N) is 1. The highest BCUT2D eigenvalue weighted by Crippen LogP contribution is 2.20. The van der Waals surface area contributed by atoms with E-state index in [2.05, 4.69) is 0 Å². The molecule has 0 unspecified atom stereocenters. The van der Waals surface area contributed by atoms with Crippen LogP contribution in [0.5, 0.6) is 0 Å². The fourth-order valence-electron chi connectivity index (χ4n) is 2.19. The van der Waals surface area contributed by atoms with E-state index < -0.39 is 5.60 Å². The van der Waals surface area contributed by atoms with Crippen LogP contribution in [0, 0.1) is 0 Å². The van der Waals surface area contributed by atoms with Crippen molar-refractivity contribution in [2.75, 3.05) is 13.1 Å². The quantitative estimate of drug-likeness (QED) is 0.874. The van der Waals surface area contributed by atoms with Crippen molar-refractivity contribution in [1.82, 2.24) is 4.90 Å². The second-order valence-electron chi connectivity index (χ2n) is 5.06. The van der Waals surface area contributed by atoms with Crippen molar-refractivity contribution in [3.63, 3.8) is 0 Å². The van der Waals surface area contributed by atoms with Crippen molar-refractivity contribution >= 4 is 6.09 Å². The molecule has 1 atom stereocenters. The predicted molar refractivity (Wildman–Crippen MR) is 68.1 cm³/mol. The third-order valence-corrected chi connectivity index (χ3v) is 3.14. The van der Waals surface area contributed by atoms with E-state index in [1.807, 2.05) is 30.3 Å². The van der Waals surface area contributed by atoms with Gasteiger partial charge in [-0.15, -0.1) is 0 Å². The van der Waals surface area contributed by atoms with Gasteiger partial charge in [0.15, 0.2) is 0 Å². The Bertz CT molecular complexity index is 403. The molecule has 0 aromatic heterocycles. The zero-order valence-electron chi connectivity index (χ0n) is 10.6. The highest BCUT2D eigenvalue weighted by Gasteiger charge is 2.31. The Labute approximate surface area is 107 Å². The molecule has 0 saturated carbocycles. The van der Waals surface area contributed by atoms with Gasteiger partial charge in [-0.25, -0.2) is 4.79 Å². The molecule has 1 aliphatic rings. The summed E-state index contributed by atoms with van der Waals surface area (Å²) in [6.07, 6.45) is 1.20. The van der Waals surface area contributed by atoms with E-state index in [-0.39, 0.29) is 12.7 Å². The molecule has 18 heavy (non-hydrogen) atoms. The van der Waals surface area contributed by atoms with Gasteiger partial charge in [0.25, 0.3) is 0 Å². The Hall–Kier alpha value is -1.55. The van der Waals surface area contributed by atoms with Gasteiger partial charge in [-0.1, -0.05) is 30.3 Å². The predicted octanol–water partition coefficient (Wildman–Crippen LogP) is 2.17. The van der Waals surface area contributed by atoms with E-state index in [1.165, 1.54) is 0 Å². The van der Waals surface area contributed by atoms with Crippen molar-refractivity contribution < 1.29 is 14.6 Å². The first-order chi connectivity index (χ1) is 8.57. The maximum Gasteiger partial charge on any atom is 0.410 e. The molecular weight excluding hydrogens is 230 g/mol. The number of rotatable bonds is 2. The van der Waals surface area contributed by atoms with E-state index in [9.17, 15) is 9.90 Å². The lowest BCUT2D eigenvalue weighted by molar-refractivity contribution is -0.0169. The Morgan fingerprint density at radius 3 is 2.83 bits per heavy atom. The van der Waals surface area contributed by atoms with Crippen molar-refractivity contribution in [2.45, 2.75) is 32.0 Å². The minimum Gasteiger partial charge on any atom is -0.445 e. The summed E-state index contributed by atoms with van der Waals surface area (Å²) in [5, 5.41) is 9.93. The van der Waals surface area contributed by atoms with Crippen molar-refractivity contribution in [3.05, 3.63) is 35.9 Å². The summed E-state index contributed by atoms with van der Waals surface area (Å²) in [6, 6.07) is 9.58. The van der Waals surface area contributed by atoms with Crippen molar-refractivity contribution in [3.8, 4) is 0 Å². The molecule has 98 valence electrons. The first kappa shape index (κ1) is 12.9. The van der Waals surface area contributed by atoms with Crippen LogP contribution in [0.4, 0.5) is 4.79 Å². The minimum atomic E-state index is -0.788. The maximum atomic E-state index is 11.9. The van der Waals surface area contributed by atoms with Gasteiger partial charge < -0.3 is 14.7 Å². The molecule has 0 radical (unpaired) electrons. The van der Waals surface area contributed by atoms with Crippen LogP contribution in [0.25, 0.3) is 0 Å². The summed E-state index contributed by atoms with van der Waals surface area (Å²) in [6.45, 7) is 3.03. The van der Waals surface area contributed by atoms with Crippen LogP contribution < -0.4 is 0 Å². The fourth-order valence-corrected chi connectivity index (χ4v) is 2.19. The molecule has 1 aliphatic heterocycles. The number of carbonyl (C=O) groups is 1. The average molecular weight is 249 g/mol. The molecular formula is C14H19NO3. The lowest BCUT2D eigenvalue weighted by Crippen LogP contribution is -2.48. The van der Waals surface area contributed by atoms with Gasteiger partial charge in [0.1, 0.15) is 6.61 Å². The molecule has 1 saturated heterocycles. The molecule has 2 rings (SSSR count). The van der Waals surface area contributed by atoms with Crippen LogP contribution in [-0.2, 0) is 11.3 Å². The van der Waals surface area contributed by atoms with Gasteiger partial charge >= 0.3 is 6.09 Å². The van der Waals surface area contributed by atoms with E-state index in [0.29, 0.717) is 13.1 Å². The molecule has 4 heteroatoms. The number of piperidine rings is 1. The largest absolute Gasteiger partial charge is 0.445 e. The maximum absolute atomic E-state index is 11.9. The number of aliphatic hydroxyl groups is 1. The number of hydrogen-bond donors (Lipinski definition) is 1. The molecule has 1 aromatic rings. The summed E-state index contributed by atoms with van der Waals surface area (Å²) in [7, 11) is 0. The van der Waals surface area contributed by atoms with E-state index >= 15 is 0 Å². The highest BCUT2D eigenvalue weighted by molar-refractivity contribution is 5.67. The van der Waals surface area contributed by atoms with E-state index in [1.54, 1.807) is 11.8 Å². The van der Waals surface area contributed by atoms with Crippen molar-refractivity contribution in [1.29, 1.82) is 0 Å². The summed E-state index contributed by atoms with van der Waals surface area (Å²) < 4.78 is 5.24. The van der Waals surface area contributed by atoms with Gasteiger partial charge in [0.2, 0.25) is 0 Å². The smallest absolute Gasteiger partial charge is 0.410 e. The highest BCUT2D eigenvalue weighted by atomic mass is 16.6. The normalized spacial score (nSPS) is 23.8. The summed E-state index contributed by atoms with van der Waals surface area (Å²) in [5.41, 5.74) is 0.180. The number of nitrogens with zero attached hydrogens (tertiary/aromatic N) is 1. The van der Waals surface area contributed by atoms with Gasteiger partial charge in [-0.05, 0) is 25.3 Å². The lowest BCUT2D eigenvalue weighted by Gasteiger charge is -2.36. The second kappa shape index (κ2) is 5.40. The van der Waals surface area contributed by atoms with Crippen LogP contribution in [0.2, 0.25) is 0 Å². The van der Waals surface area contributed by atoms with Crippen LogP contribution >= 0.6 is 0 Å². The zero-order chi connectivity index (χ0) is 13.0. The van der Waals surface area contributed by atoms with Crippen LogP contribution in [0.1, 0.15) is 25.3 Å². The molecule has 1 aromatic carbocycles. The molecule has 1 fully saturated rings. The van der Waals surface area contributed by atoms with Crippen LogP contribution in [0.15, 0.2) is 30.3 Å². The SMILES string of the molecule is C[C@]1(O)CCCN(C(=O)OCc2ccccc2)C1. The second-order valence-corrected chi connectivity index (χ2v) is 5.06. The third-order valence-electron chi connectivity index (χ3n) is 3.14. The molecule has 1 heterocycles. The molecule has 1 N–H and O–H groups in total. The monoisotopic (exact) mass is 249 g/mol. The summed E-state index contributed by atoms with van der Waals surface area (Å²) in [4.78, 5) is 13.4. The Kier molecular flexibility index (Phi) is 3.87. The minimum absolute atomic E-state index is 0.276. The first-order valence-electron chi connectivity index (χ1n) is 6.25. The van der Waals surface area contributed by atoms with Crippen molar-refractivity contribution in [2.24, 2.45) is 0 Å². The van der Waals surface area contributed by atoms with E-state index in [0.717, 1.165) is 18.4 Å². The Morgan fingerprint density at radius 2 is 2.17 bits per heavy atom. The molecule has 0 spiro atoms. The fraction of sp³-hybridized carbons (Fsp3) is 0.500. The summed E-state index contributed by atoms with van der Waals surface area (Å²) >= 11 is 0. The molecule has 0 bridgehead atoms. The van der Waals surface area contributed by atoms with Gasteiger partial charge in [0.05, 0.1) is 12.1 Å². The van der Waals surface area contributed by atoms with Gasteiger partial charge in [-0.2, -0.15) is 0 Å². The number of ether oxygens (including phenoxy) is 1. The topological polar surface area (TPSA) is 49.8 Å². The Morgan fingerprint density at radius 1 is 1.44 bits per heavy atom. The number of amides is 1. The number of hydrogen-bond acceptors (Lipinski definition) is 3. The standard InChI is InChI=1S/C14H19NO3/c1-14(17)8-5-9-15(11-14)13(16)18-10-12-6-3-2-4-7-12/h2-4,6-7,17H,5,8-11H2,1H3/t14-/m0/s1. The number of benzene rings is 1. The van der Waals surface area contributed by atoms with Gasteiger partial charge in [0, 0.05) is 6.54 Å². The average Bonchev–Trinajstić information content (AvgIpc) is 2.36. The van der Waals surface area contributed by atoms with Crippen LogP contribution in [0.3, 0.4) is 0 Å². The molecule has 0 aliphatic carbocycles. The Balaban J connectivity index is 1.85. The first-order valence-corrected chi connectivity index (χ1v) is 6.25. The van der Waals surface area contributed by atoms with Gasteiger partial charge in [-0.3, -0.25) is 0 Å². The molecule has 1 amide bonds. The number of likely N-dealkylation sites (tertiary alicyclic amines) is 1.